The van der Waals surface area contributed by atoms with Crippen LogP contribution in [0.2, 0.25) is 5.02 Å². The smallest absolute Gasteiger partial charge is 0.337 e. The van der Waals surface area contributed by atoms with E-state index < -0.39 is 11.6 Å². The second-order valence-corrected chi connectivity index (χ2v) is 6.20. The molecule has 1 aromatic carbocycles. The molecular weight excluding hydrogens is 316 g/mol. The van der Waals surface area contributed by atoms with Crippen molar-refractivity contribution in [2.45, 2.75) is 24.9 Å². The van der Waals surface area contributed by atoms with Crippen molar-refractivity contribution >= 4 is 23.3 Å². The summed E-state index contributed by atoms with van der Waals surface area (Å²) in [5, 5.41) is 23.9. The average molecular weight is 333 g/mol. The van der Waals surface area contributed by atoms with E-state index >= 15 is 0 Å². The molecule has 0 fully saturated rings. The molecule has 1 heterocycles. The van der Waals surface area contributed by atoms with Crippen LogP contribution in [-0.4, -0.2) is 27.7 Å². The summed E-state index contributed by atoms with van der Waals surface area (Å²) >= 11 is 6.03. The van der Waals surface area contributed by atoms with Gasteiger partial charge in [-0.15, -0.1) is 0 Å². The molecular formula is C17H17ClN2O3. The molecule has 3 rings (SSSR count). The molecule has 3 N–H and O–H groups in total. The minimum absolute atomic E-state index is 0.135. The van der Waals surface area contributed by atoms with Crippen molar-refractivity contribution in [1.82, 2.24) is 4.98 Å². The highest BCUT2D eigenvalue weighted by Gasteiger charge is 2.34. The van der Waals surface area contributed by atoms with E-state index in [0.29, 0.717) is 17.1 Å². The van der Waals surface area contributed by atoms with Gasteiger partial charge < -0.3 is 15.5 Å². The quantitative estimate of drug-likeness (QED) is 0.801. The Labute approximate surface area is 138 Å². The van der Waals surface area contributed by atoms with Crippen molar-refractivity contribution in [2.24, 2.45) is 0 Å². The maximum absolute atomic E-state index is 11.2. The number of rotatable bonds is 4. The summed E-state index contributed by atoms with van der Waals surface area (Å²) < 4.78 is 0. The van der Waals surface area contributed by atoms with Gasteiger partial charge >= 0.3 is 5.97 Å². The molecule has 2 aromatic rings. The minimum Gasteiger partial charge on any atom is -0.478 e. The van der Waals surface area contributed by atoms with Crippen LogP contribution >= 0.6 is 11.6 Å². The van der Waals surface area contributed by atoms with Gasteiger partial charge in [0.15, 0.2) is 0 Å². The zero-order valence-electron chi connectivity index (χ0n) is 12.4. The largest absolute Gasteiger partial charge is 0.478 e. The number of aryl methyl sites for hydroxylation is 1. The summed E-state index contributed by atoms with van der Waals surface area (Å²) in [6.45, 7) is 0.216. The van der Waals surface area contributed by atoms with Crippen LogP contribution in [-0.2, 0) is 12.0 Å². The molecule has 0 spiro atoms. The second-order valence-electron chi connectivity index (χ2n) is 5.77. The lowest BCUT2D eigenvalue weighted by atomic mass is 9.79. The molecule has 1 aliphatic carbocycles. The number of nitrogens with one attached hydrogen (secondary N) is 1. The third-order valence-corrected chi connectivity index (χ3v) is 4.46. The fourth-order valence-corrected chi connectivity index (χ4v) is 3.27. The van der Waals surface area contributed by atoms with Gasteiger partial charge in [-0.1, -0.05) is 17.7 Å². The molecule has 1 atom stereocenters. The summed E-state index contributed by atoms with van der Waals surface area (Å²) in [6.07, 6.45) is 5.23. The number of benzene rings is 1. The summed E-state index contributed by atoms with van der Waals surface area (Å²) in [6, 6.07) is 6.93. The summed E-state index contributed by atoms with van der Waals surface area (Å²) in [5.74, 6) is -1.03. The number of hydrogen-bond donors (Lipinski definition) is 3. The predicted molar refractivity (Wildman–Crippen MR) is 88.0 cm³/mol. The molecule has 0 aliphatic heterocycles. The van der Waals surface area contributed by atoms with E-state index in [0.717, 1.165) is 24.0 Å². The number of hydrogen-bond acceptors (Lipinski definition) is 4. The van der Waals surface area contributed by atoms with Gasteiger partial charge in [0.1, 0.15) is 5.60 Å². The number of carbonyl (C=O) groups is 1. The monoisotopic (exact) mass is 332 g/mol. The number of nitrogens with zero attached hydrogens (tertiary/aromatic N) is 1. The zero-order valence-corrected chi connectivity index (χ0v) is 13.2. The summed E-state index contributed by atoms with van der Waals surface area (Å²) in [7, 11) is 0. The number of aromatic carboxylic acids is 1. The lowest BCUT2D eigenvalue weighted by Gasteiger charge is -2.35. The van der Waals surface area contributed by atoms with Crippen LogP contribution in [0.3, 0.4) is 0 Å². The Bertz CT molecular complexity index is 750. The van der Waals surface area contributed by atoms with E-state index in [1.165, 1.54) is 18.5 Å². The highest BCUT2D eigenvalue weighted by atomic mass is 35.5. The van der Waals surface area contributed by atoms with Crippen LogP contribution in [0.15, 0.2) is 36.7 Å². The number of aliphatic hydroxyl groups is 1. The van der Waals surface area contributed by atoms with Crippen molar-refractivity contribution in [1.29, 1.82) is 0 Å². The topological polar surface area (TPSA) is 82.5 Å². The molecule has 0 saturated carbocycles. The Balaban J connectivity index is 1.86. The Morgan fingerprint density at radius 3 is 3.00 bits per heavy atom. The van der Waals surface area contributed by atoms with E-state index in [-0.39, 0.29) is 12.1 Å². The van der Waals surface area contributed by atoms with Gasteiger partial charge in [0.05, 0.1) is 17.4 Å². The minimum atomic E-state index is -1.05. The Morgan fingerprint density at radius 1 is 1.39 bits per heavy atom. The van der Waals surface area contributed by atoms with Gasteiger partial charge in [-0.05, 0) is 48.6 Å². The molecule has 5 nitrogen and oxygen atoms in total. The number of fused-ring (bicyclic) bond motifs is 1. The molecule has 120 valence electrons. The second kappa shape index (κ2) is 6.18. The van der Waals surface area contributed by atoms with Crippen LogP contribution in [0.1, 0.15) is 34.3 Å². The molecule has 1 aromatic heterocycles. The van der Waals surface area contributed by atoms with Crippen molar-refractivity contribution < 1.29 is 15.0 Å². The van der Waals surface area contributed by atoms with E-state index in [9.17, 15) is 15.0 Å². The van der Waals surface area contributed by atoms with Gasteiger partial charge in [-0.3, -0.25) is 4.98 Å². The fraction of sp³-hybridized carbons (Fsp3) is 0.294. The van der Waals surface area contributed by atoms with Crippen molar-refractivity contribution in [3.8, 4) is 0 Å². The van der Waals surface area contributed by atoms with E-state index in [1.54, 1.807) is 6.07 Å². The lowest BCUT2D eigenvalue weighted by molar-refractivity contribution is 0.0322. The van der Waals surface area contributed by atoms with Crippen LogP contribution in [0, 0.1) is 0 Å². The number of halogens is 1. The van der Waals surface area contributed by atoms with E-state index in [1.807, 2.05) is 12.1 Å². The van der Waals surface area contributed by atoms with Crippen LogP contribution in [0.4, 0.5) is 5.69 Å². The van der Waals surface area contributed by atoms with Gasteiger partial charge in [0, 0.05) is 17.8 Å². The SMILES string of the molecule is O=C(O)c1ccncc1NCC1(O)CCCc2cc(Cl)ccc21. The van der Waals surface area contributed by atoms with E-state index in [2.05, 4.69) is 10.3 Å². The number of carboxylic acids is 1. The highest BCUT2D eigenvalue weighted by molar-refractivity contribution is 6.30. The molecule has 1 unspecified atom stereocenters. The third kappa shape index (κ3) is 3.16. The van der Waals surface area contributed by atoms with E-state index in [4.69, 9.17) is 11.6 Å². The first-order chi connectivity index (χ1) is 11.0. The zero-order chi connectivity index (χ0) is 16.4. The van der Waals surface area contributed by atoms with Gasteiger partial charge in [-0.25, -0.2) is 4.79 Å². The first-order valence-electron chi connectivity index (χ1n) is 7.42. The van der Waals surface area contributed by atoms with Crippen molar-refractivity contribution in [3.63, 3.8) is 0 Å². The van der Waals surface area contributed by atoms with Crippen LogP contribution in [0.5, 0.6) is 0 Å². The molecule has 0 saturated heterocycles. The van der Waals surface area contributed by atoms with Crippen LogP contribution in [0.25, 0.3) is 0 Å². The fourth-order valence-electron chi connectivity index (χ4n) is 3.08. The molecule has 23 heavy (non-hydrogen) atoms. The normalized spacial score (nSPS) is 19.9. The van der Waals surface area contributed by atoms with Gasteiger partial charge in [0.2, 0.25) is 0 Å². The molecule has 0 bridgehead atoms. The molecule has 0 radical (unpaired) electrons. The molecule has 6 heteroatoms. The van der Waals surface area contributed by atoms with Gasteiger partial charge in [-0.2, -0.15) is 0 Å². The Kier molecular flexibility index (Phi) is 4.24. The molecule has 1 aliphatic rings. The van der Waals surface area contributed by atoms with Crippen molar-refractivity contribution in [3.05, 3.63) is 58.4 Å². The maximum atomic E-state index is 11.2. The van der Waals surface area contributed by atoms with Gasteiger partial charge in [0.25, 0.3) is 0 Å². The number of pyridine rings is 1. The summed E-state index contributed by atoms with van der Waals surface area (Å²) in [5.41, 5.74) is 1.37. The number of aromatic nitrogens is 1. The third-order valence-electron chi connectivity index (χ3n) is 4.23. The Morgan fingerprint density at radius 2 is 2.22 bits per heavy atom. The highest BCUT2D eigenvalue weighted by Crippen LogP contribution is 2.36. The standard InChI is InChI=1S/C17H17ClN2O3/c18-12-3-4-14-11(8-12)2-1-6-17(14,23)10-20-15-9-19-7-5-13(15)16(21)22/h3-5,7-9,20,23H,1-2,6,10H2,(H,21,22). The molecule has 0 amide bonds. The maximum Gasteiger partial charge on any atom is 0.337 e. The Hall–Kier alpha value is -2.11. The first-order valence-corrected chi connectivity index (χ1v) is 7.80. The lowest BCUT2D eigenvalue weighted by Crippen LogP contribution is -2.37. The number of anilines is 1. The summed E-state index contributed by atoms with van der Waals surface area (Å²) in [4.78, 5) is 15.2. The average Bonchev–Trinajstić information content (AvgIpc) is 2.53. The first kappa shape index (κ1) is 15.8. The van der Waals surface area contributed by atoms with Crippen LogP contribution < -0.4 is 5.32 Å². The number of carboxylic acid groups (broad SMARTS) is 1. The predicted octanol–water partition coefficient (Wildman–Crippen LogP) is 3.07. The van der Waals surface area contributed by atoms with Crippen molar-refractivity contribution in [2.75, 3.05) is 11.9 Å².